The minimum atomic E-state index is -1.98. The Morgan fingerprint density at radius 2 is 1.24 bits per heavy atom. The number of nitrogens with one attached hydrogen (secondary N) is 5. The molecule has 2 fully saturated rings. The molecule has 2 aromatic carbocycles. The molecule has 2 aliphatic heterocycles. The molecule has 16 atom stereocenters. The van der Waals surface area contributed by atoms with Crippen LogP contribution >= 0.6 is 0 Å². The molecule has 2 aliphatic rings. The Labute approximate surface area is 408 Å². The zero-order valence-electron chi connectivity index (χ0n) is 39.2. The molecule has 18 N–H and O–H groups in total. The number of benzene rings is 2. The van der Waals surface area contributed by atoms with Gasteiger partial charge in [-0.05, 0) is 48.9 Å². The van der Waals surface area contributed by atoms with E-state index in [9.17, 15) is 74.7 Å². The van der Waals surface area contributed by atoms with Crippen molar-refractivity contribution in [2.24, 2.45) is 17.4 Å². The Morgan fingerprint density at radius 1 is 0.662 bits per heavy atom. The molecule has 0 bridgehead atoms. The van der Waals surface area contributed by atoms with Crippen LogP contribution in [-0.2, 0) is 60.6 Å². The maximum Gasteiger partial charge on any atom is 0.245 e. The third kappa shape index (κ3) is 16.8. The van der Waals surface area contributed by atoms with Gasteiger partial charge in [-0.3, -0.25) is 28.8 Å². The molecule has 0 saturated carbocycles. The van der Waals surface area contributed by atoms with E-state index in [1.807, 2.05) is 0 Å². The van der Waals surface area contributed by atoms with Crippen LogP contribution < -0.4 is 38.1 Å². The van der Waals surface area contributed by atoms with Gasteiger partial charge >= 0.3 is 0 Å². The molecule has 0 spiro atoms. The number of phenols is 1. The molecule has 2 aromatic rings. The second-order valence-corrected chi connectivity index (χ2v) is 17.7. The summed E-state index contributed by atoms with van der Waals surface area (Å²) >= 11 is 0. The summed E-state index contributed by atoms with van der Waals surface area (Å²) < 4.78 is 22.0. The van der Waals surface area contributed by atoms with Crippen molar-refractivity contribution in [1.82, 2.24) is 26.6 Å². The quantitative estimate of drug-likeness (QED) is 0.0439. The lowest BCUT2D eigenvalue weighted by Gasteiger charge is -2.46. The number of hydrogen-bond acceptors (Lipinski definition) is 20. The van der Waals surface area contributed by atoms with Crippen LogP contribution in [0.15, 0.2) is 54.6 Å². The van der Waals surface area contributed by atoms with Crippen molar-refractivity contribution in [3.63, 3.8) is 0 Å². The summed E-state index contributed by atoms with van der Waals surface area (Å²) in [7, 11) is 0. The first-order valence-corrected chi connectivity index (χ1v) is 22.8. The third-order valence-corrected chi connectivity index (χ3v) is 11.5. The van der Waals surface area contributed by atoms with Crippen molar-refractivity contribution >= 4 is 35.4 Å². The fourth-order valence-electron chi connectivity index (χ4n) is 7.55. The minimum Gasteiger partial charge on any atom is -0.508 e. The summed E-state index contributed by atoms with van der Waals surface area (Å²) in [5, 5.41) is 104. The molecule has 2 saturated heterocycles. The highest BCUT2D eigenvalue weighted by Crippen LogP contribution is 2.29. The number of aliphatic hydroxyl groups is 8. The van der Waals surface area contributed by atoms with E-state index in [4.69, 9.17) is 30.4 Å². The number of aromatic hydroxyl groups is 1. The lowest BCUT2D eigenvalue weighted by atomic mass is 9.97. The molecule has 26 heteroatoms. The van der Waals surface area contributed by atoms with Crippen LogP contribution in [0.4, 0.5) is 0 Å². The standard InChI is InChI=1S/C45H67N7O19/c1-20(2)13-26(41(65)51-28(39(47)63)19-68-44-37(62)35(60)38(30(18-54)70-44)71-45-36(61)34(59)33(58)29(17-53)69-45)50-42(66)27(15-22-7-5-4-6-8-22)49-31(57)16-48-43(67)32(21(3)55)52-40(64)25(46)14-23-9-11-24(56)12-10-23/h4-12,20-21,25-30,32-38,44-45,53-56,58-62H,13-19,46H2,1-3H3,(H2,47,63)(H,48,67)(H,49,57)(H,50,66)(H,51,65)(H,52,64)/t21-,25+,26+,27+,28+,29-,30-,32-,33-,34+,35-,36-,37-,38-,44-,45+/m1/s1. The lowest BCUT2D eigenvalue weighted by Crippen LogP contribution is -2.65. The highest BCUT2D eigenvalue weighted by atomic mass is 16.7. The van der Waals surface area contributed by atoms with Gasteiger partial charge in [0.25, 0.3) is 0 Å². The molecule has 0 aliphatic carbocycles. The Morgan fingerprint density at radius 3 is 1.83 bits per heavy atom. The zero-order valence-corrected chi connectivity index (χ0v) is 39.2. The largest absolute Gasteiger partial charge is 0.508 e. The van der Waals surface area contributed by atoms with Gasteiger partial charge in [0.1, 0.15) is 78.7 Å². The van der Waals surface area contributed by atoms with E-state index in [-0.39, 0.29) is 30.9 Å². The molecular weight excluding hydrogens is 943 g/mol. The number of hydrogen-bond donors (Lipinski definition) is 16. The van der Waals surface area contributed by atoms with E-state index < -0.39 is 160 Å². The van der Waals surface area contributed by atoms with Crippen LogP contribution in [0.25, 0.3) is 0 Å². The number of rotatable bonds is 25. The Hall–Kier alpha value is -5.46. The molecule has 0 radical (unpaired) electrons. The van der Waals surface area contributed by atoms with E-state index in [1.54, 1.807) is 56.3 Å². The maximum atomic E-state index is 14.0. The van der Waals surface area contributed by atoms with Gasteiger partial charge in [0.2, 0.25) is 35.4 Å². The molecule has 71 heavy (non-hydrogen) atoms. The van der Waals surface area contributed by atoms with E-state index >= 15 is 0 Å². The summed E-state index contributed by atoms with van der Waals surface area (Å²) in [4.78, 5) is 79.8. The molecule has 0 unspecified atom stereocenters. The van der Waals surface area contributed by atoms with Crippen molar-refractivity contribution < 1.29 is 93.7 Å². The van der Waals surface area contributed by atoms with Crippen LogP contribution in [0.3, 0.4) is 0 Å². The van der Waals surface area contributed by atoms with Crippen LogP contribution in [0, 0.1) is 5.92 Å². The summed E-state index contributed by atoms with van der Waals surface area (Å²) in [5.41, 5.74) is 12.8. The van der Waals surface area contributed by atoms with Crippen molar-refractivity contribution in [2.45, 2.75) is 138 Å². The summed E-state index contributed by atoms with van der Waals surface area (Å²) in [5.74, 6) is -5.80. The maximum absolute atomic E-state index is 14.0. The van der Waals surface area contributed by atoms with Crippen molar-refractivity contribution in [3.8, 4) is 5.75 Å². The second-order valence-electron chi connectivity index (χ2n) is 17.7. The van der Waals surface area contributed by atoms with Crippen molar-refractivity contribution in [3.05, 3.63) is 65.7 Å². The van der Waals surface area contributed by atoms with Gasteiger partial charge in [-0.25, -0.2) is 0 Å². The molecule has 2 heterocycles. The average Bonchev–Trinajstić information content (AvgIpc) is 3.33. The van der Waals surface area contributed by atoms with Crippen molar-refractivity contribution in [1.29, 1.82) is 0 Å². The fraction of sp³-hybridized carbons (Fsp3) is 0.600. The first-order chi connectivity index (χ1) is 33.5. The Kier molecular flexibility index (Phi) is 22.4. The van der Waals surface area contributed by atoms with Gasteiger partial charge < -0.3 is 103 Å². The van der Waals surface area contributed by atoms with Crippen LogP contribution in [0.5, 0.6) is 5.75 Å². The second kappa shape index (κ2) is 27.4. The number of carbonyl (C=O) groups excluding carboxylic acids is 6. The Bertz CT molecular complexity index is 2050. The normalized spacial score (nSPS) is 26.9. The molecule has 396 valence electrons. The smallest absolute Gasteiger partial charge is 0.245 e. The predicted octanol–water partition coefficient (Wildman–Crippen LogP) is -6.89. The van der Waals surface area contributed by atoms with E-state index in [0.717, 1.165) is 0 Å². The summed E-state index contributed by atoms with van der Waals surface area (Å²) in [6.45, 7) is 1.50. The van der Waals surface area contributed by atoms with Crippen molar-refractivity contribution in [2.75, 3.05) is 26.4 Å². The molecule has 0 aromatic heterocycles. The first-order valence-electron chi connectivity index (χ1n) is 22.8. The average molecular weight is 1010 g/mol. The van der Waals surface area contributed by atoms with Crippen LogP contribution in [0.2, 0.25) is 0 Å². The Balaban J connectivity index is 1.39. The summed E-state index contributed by atoms with van der Waals surface area (Å²) in [6.07, 6.45) is -19.1. The minimum absolute atomic E-state index is 0.00959. The van der Waals surface area contributed by atoms with Crippen LogP contribution in [-0.4, -0.2) is 205 Å². The van der Waals surface area contributed by atoms with Crippen LogP contribution in [0.1, 0.15) is 38.3 Å². The first kappa shape index (κ1) is 58.1. The molecular formula is C45H67N7O19. The molecule has 6 amide bonds. The summed E-state index contributed by atoms with van der Waals surface area (Å²) in [6, 6.07) is 7.29. The van der Waals surface area contributed by atoms with Gasteiger partial charge in [-0.1, -0.05) is 56.3 Å². The van der Waals surface area contributed by atoms with E-state index in [0.29, 0.717) is 11.1 Å². The number of phenolic OH excluding ortho intramolecular Hbond substituents is 1. The number of aliphatic hydroxyl groups excluding tert-OH is 8. The monoisotopic (exact) mass is 1010 g/mol. The zero-order chi connectivity index (χ0) is 52.7. The third-order valence-electron chi connectivity index (χ3n) is 11.5. The van der Waals surface area contributed by atoms with E-state index in [1.165, 1.54) is 19.1 Å². The van der Waals surface area contributed by atoms with Gasteiger partial charge in [0, 0.05) is 6.42 Å². The van der Waals surface area contributed by atoms with E-state index in [2.05, 4.69) is 26.6 Å². The molecule has 4 rings (SSSR count). The topological polar surface area (TPSA) is 434 Å². The van der Waals surface area contributed by atoms with Gasteiger partial charge in [-0.15, -0.1) is 0 Å². The number of primary amides is 1. The van der Waals surface area contributed by atoms with Gasteiger partial charge in [-0.2, -0.15) is 0 Å². The van der Waals surface area contributed by atoms with Gasteiger partial charge in [0.05, 0.1) is 38.5 Å². The number of nitrogens with two attached hydrogens (primary N) is 2. The number of carbonyl (C=O) groups is 6. The lowest BCUT2D eigenvalue weighted by molar-refractivity contribution is -0.359. The van der Waals surface area contributed by atoms with Gasteiger partial charge in [0.15, 0.2) is 12.6 Å². The highest BCUT2D eigenvalue weighted by molar-refractivity contribution is 5.95. The predicted molar refractivity (Wildman–Crippen MR) is 243 cm³/mol. The highest BCUT2D eigenvalue weighted by Gasteiger charge is 2.51. The number of amides is 6. The SMILES string of the molecule is CC(C)C[C@H](NC(=O)[C@H](Cc1ccccc1)NC(=O)CNC(=O)[C@H](NC(=O)[C@@H](N)Cc1ccc(O)cc1)[C@@H](C)O)C(=O)N[C@@H](CO[C@@H]1O[C@H](CO)[C@@H](O[C@@H]2O[C@H](CO)[C@@H](O)[C@H](O)[C@H]2O)[C@H](O)[C@H]1O)C(N)=O. The number of ether oxygens (including phenoxy) is 4. The molecule has 26 nitrogen and oxygen atoms in total. The fourth-order valence-corrected chi connectivity index (χ4v) is 7.55.